The van der Waals surface area contributed by atoms with Crippen LogP contribution in [-0.4, -0.2) is 22.4 Å². The smallest absolute Gasteiger partial charge is 0.270 e. The van der Waals surface area contributed by atoms with Gasteiger partial charge in [-0.05, 0) is 55.2 Å². The predicted molar refractivity (Wildman–Crippen MR) is 113 cm³/mol. The van der Waals surface area contributed by atoms with Gasteiger partial charge in [0.05, 0.1) is 0 Å². The number of carbonyl (C=O) groups excluding carboxylic acids is 1. The summed E-state index contributed by atoms with van der Waals surface area (Å²) in [6.45, 7) is 5.04. The van der Waals surface area contributed by atoms with E-state index in [1.165, 1.54) is 11.1 Å². The molecule has 6 heteroatoms. The first-order valence-electron chi connectivity index (χ1n) is 9.18. The molecule has 0 aliphatic rings. The SMILES string of the molecule is Cc1cc(C(=O)NCCc2ccc(Cl)cc2)nc(NCc2ccccc2C)n1. The van der Waals surface area contributed by atoms with Crippen LogP contribution in [-0.2, 0) is 13.0 Å². The van der Waals surface area contributed by atoms with Crippen molar-refractivity contribution in [2.75, 3.05) is 11.9 Å². The Morgan fingerprint density at radius 3 is 2.54 bits per heavy atom. The standard InChI is InChI=1S/C22H23ClN4O/c1-15-5-3-4-6-18(15)14-25-22-26-16(2)13-20(27-22)21(28)24-12-11-17-7-9-19(23)10-8-17/h3-10,13H,11-12,14H2,1-2H3,(H,24,28)(H,25,26,27). The quantitative estimate of drug-likeness (QED) is 0.625. The number of amides is 1. The zero-order valence-corrected chi connectivity index (χ0v) is 16.8. The molecule has 0 saturated heterocycles. The number of carbonyl (C=O) groups is 1. The van der Waals surface area contributed by atoms with E-state index in [1.54, 1.807) is 6.07 Å². The number of rotatable bonds is 7. The molecule has 144 valence electrons. The van der Waals surface area contributed by atoms with E-state index in [9.17, 15) is 4.79 Å². The molecule has 1 heterocycles. The van der Waals surface area contributed by atoms with E-state index in [2.05, 4.69) is 39.7 Å². The molecule has 0 aliphatic heterocycles. The molecule has 0 bridgehead atoms. The fourth-order valence-corrected chi connectivity index (χ4v) is 2.93. The van der Waals surface area contributed by atoms with Gasteiger partial charge >= 0.3 is 0 Å². The van der Waals surface area contributed by atoms with Crippen LogP contribution in [0.4, 0.5) is 5.95 Å². The third-order valence-electron chi connectivity index (χ3n) is 4.40. The molecular weight excluding hydrogens is 372 g/mol. The van der Waals surface area contributed by atoms with Gasteiger partial charge in [-0.3, -0.25) is 4.79 Å². The van der Waals surface area contributed by atoms with Crippen molar-refractivity contribution in [1.29, 1.82) is 0 Å². The summed E-state index contributed by atoms with van der Waals surface area (Å²) >= 11 is 5.89. The van der Waals surface area contributed by atoms with Crippen molar-refractivity contribution in [2.45, 2.75) is 26.8 Å². The summed E-state index contributed by atoms with van der Waals surface area (Å²) in [6.07, 6.45) is 0.728. The third-order valence-corrected chi connectivity index (χ3v) is 4.65. The summed E-state index contributed by atoms with van der Waals surface area (Å²) < 4.78 is 0. The number of nitrogens with zero attached hydrogens (tertiary/aromatic N) is 2. The minimum atomic E-state index is -0.210. The first kappa shape index (κ1) is 19.8. The molecule has 2 aromatic carbocycles. The van der Waals surface area contributed by atoms with Crippen LogP contribution in [0.3, 0.4) is 0 Å². The van der Waals surface area contributed by atoms with Crippen LogP contribution in [0.1, 0.15) is 32.9 Å². The van der Waals surface area contributed by atoms with Crippen LogP contribution in [0.5, 0.6) is 0 Å². The average Bonchev–Trinajstić information content (AvgIpc) is 2.68. The second-order valence-corrected chi connectivity index (χ2v) is 7.07. The summed E-state index contributed by atoms with van der Waals surface area (Å²) in [5.74, 6) is 0.240. The lowest BCUT2D eigenvalue weighted by molar-refractivity contribution is 0.0949. The predicted octanol–water partition coefficient (Wildman–Crippen LogP) is 4.33. The molecule has 1 amide bonds. The van der Waals surface area contributed by atoms with Gasteiger partial charge < -0.3 is 10.6 Å². The molecule has 2 N–H and O–H groups in total. The summed E-state index contributed by atoms with van der Waals surface area (Å²) in [4.78, 5) is 21.2. The lowest BCUT2D eigenvalue weighted by Crippen LogP contribution is -2.27. The highest BCUT2D eigenvalue weighted by Crippen LogP contribution is 2.11. The van der Waals surface area contributed by atoms with Crippen LogP contribution in [0.2, 0.25) is 5.02 Å². The number of aromatic nitrogens is 2. The molecule has 3 aromatic rings. The van der Waals surface area contributed by atoms with Crippen LogP contribution in [0, 0.1) is 13.8 Å². The van der Waals surface area contributed by atoms with Gasteiger partial charge in [0.1, 0.15) is 5.69 Å². The largest absolute Gasteiger partial charge is 0.350 e. The van der Waals surface area contributed by atoms with Crippen LogP contribution >= 0.6 is 11.6 Å². The second-order valence-electron chi connectivity index (χ2n) is 6.63. The maximum Gasteiger partial charge on any atom is 0.270 e. The molecule has 0 fully saturated rings. The molecule has 0 unspecified atom stereocenters. The van der Waals surface area contributed by atoms with E-state index in [0.29, 0.717) is 29.8 Å². The Bertz CT molecular complexity index is 957. The maximum absolute atomic E-state index is 12.5. The van der Waals surface area contributed by atoms with E-state index in [-0.39, 0.29) is 5.91 Å². The summed E-state index contributed by atoms with van der Waals surface area (Å²) in [5, 5.41) is 6.82. The minimum Gasteiger partial charge on any atom is -0.350 e. The summed E-state index contributed by atoms with van der Waals surface area (Å²) in [7, 11) is 0. The maximum atomic E-state index is 12.5. The second kappa shape index (κ2) is 9.33. The average molecular weight is 395 g/mol. The monoisotopic (exact) mass is 394 g/mol. The number of halogens is 1. The Hall–Kier alpha value is -2.92. The summed E-state index contributed by atoms with van der Waals surface area (Å²) in [6, 6.07) is 17.4. The third kappa shape index (κ3) is 5.54. The molecule has 0 spiro atoms. The van der Waals surface area contributed by atoms with Crippen molar-refractivity contribution in [3.63, 3.8) is 0 Å². The molecule has 1 aromatic heterocycles. The number of hydrogen-bond acceptors (Lipinski definition) is 4. The normalized spacial score (nSPS) is 10.5. The van der Waals surface area contributed by atoms with Crippen molar-refractivity contribution < 1.29 is 4.79 Å². The molecule has 0 atom stereocenters. The number of anilines is 1. The van der Waals surface area contributed by atoms with Gasteiger partial charge in [-0.2, -0.15) is 0 Å². The Morgan fingerprint density at radius 1 is 1.04 bits per heavy atom. The van der Waals surface area contributed by atoms with Gasteiger partial charge in [0, 0.05) is 23.8 Å². The van der Waals surface area contributed by atoms with Crippen LogP contribution in [0.25, 0.3) is 0 Å². The van der Waals surface area contributed by atoms with E-state index in [1.807, 2.05) is 43.3 Å². The van der Waals surface area contributed by atoms with E-state index >= 15 is 0 Å². The van der Waals surface area contributed by atoms with Crippen molar-refractivity contribution in [1.82, 2.24) is 15.3 Å². The molecule has 0 radical (unpaired) electrons. The first-order chi connectivity index (χ1) is 13.5. The number of benzene rings is 2. The lowest BCUT2D eigenvalue weighted by atomic mass is 10.1. The Morgan fingerprint density at radius 2 is 1.79 bits per heavy atom. The molecular formula is C22H23ClN4O. The van der Waals surface area contributed by atoms with Crippen molar-refractivity contribution in [3.05, 3.63) is 87.7 Å². The van der Waals surface area contributed by atoms with E-state index in [0.717, 1.165) is 17.7 Å². The van der Waals surface area contributed by atoms with Gasteiger partial charge in [-0.15, -0.1) is 0 Å². The molecule has 5 nitrogen and oxygen atoms in total. The topological polar surface area (TPSA) is 66.9 Å². The molecule has 3 rings (SSSR count). The van der Waals surface area contributed by atoms with Gasteiger partial charge in [-0.25, -0.2) is 9.97 Å². The first-order valence-corrected chi connectivity index (χ1v) is 9.56. The molecule has 0 aliphatic carbocycles. The van der Waals surface area contributed by atoms with E-state index in [4.69, 9.17) is 11.6 Å². The highest BCUT2D eigenvalue weighted by molar-refractivity contribution is 6.30. The highest BCUT2D eigenvalue weighted by Gasteiger charge is 2.10. The number of aryl methyl sites for hydroxylation is 2. The Kier molecular flexibility index (Phi) is 6.61. The number of nitrogens with one attached hydrogen (secondary N) is 2. The number of hydrogen-bond donors (Lipinski definition) is 2. The van der Waals surface area contributed by atoms with Crippen molar-refractivity contribution in [2.24, 2.45) is 0 Å². The zero-order valence-electron chi connectivity index (χ0n) is 16.0. The Labute approximate surface area is 170 Å². The molecule has 0 saturated carbocycles. The lowest BCUT2D eigenvalue weighted by Gasteiger charge is -2.10. The van der Waals surface area contributed by atoms with Crippen LogP contribution < -0.4 is 10.6 Å². The minimum absolute atomic E-state index is 0.210. The van der Waals surface area contributed by atoms with Crippen molar-refractivity contribution in [3.8, 4) is 0 Å². The zero-order chi connectivity index (χ0) is 19.9. The van der Waals surface area contributed by atoms with Crippen molar-refractivity contribution >= 4 is 23.5 Å². The Balaban J connectivity index is 1.59. The van der Waals surface area contributed by atoms with Gasteiger partial charge in [-0.1, -0.05) is 48.0 Å². The van der Waals surface area contributed by atoms with Gasteiger partial charge in [0.15, 0.2) is 0 Å². The molecule has 28 heavy (non-hydrogen) atoms. The highest BCUT2D eigenvalue weighted by atomic mass is 35.5. The fourth-order valence-electron chi connectivity index (χ4n) is 2.81. The fraction of sp³-hybridized carbons (Fsp3) is 0.227. The van der Waals surface area contributed by atoms with Gasteiger partial charge in [0.25, 0.3) is 5.91 Å². The van der Waals surface area contributed by atoms with Gasteiger partial charge in [0.2, 0.25) is 5.95 Å². The van der Waals surface area contributed by atoms with Crippen LogP contribution in [0.15, 0.2) is 54.6 Å². The van der Waals surface area contributed by atoms with E-state index < -0.39 is 0 Å². The summed E-state index contributed by atoms with van der Waals surface area (Å²) in [5.41, 5.74) is 4.58.